The van der Waals surface area contributed by atoms with E-state index in [-0.39, 0.29) is 0 Å². The van der Waals surface area contributed by atoms with Crippen molar-refractivity contribution in [3.63, 3.8) is 0 Å². The highest BCUT2D eigenvalue weighted by Gasteiger charge is 1.87. The molecule has 1 heterocycles. The van der Waals surface area contributed by atoms with Crippen LogP contribution in [0.3, 0.4) is 0 Å². The number of aromatic nitrogens is 1. The molecule has 66 valence electrons. The first-order valence-electron chi connectivity index (χ1n) is 3.78. The van der Waals surface area contributed by atoms with Crippen molar-refractivity contribution in [2.45, 2.75) is 13.8 Å². The van der Waals surface area contributed by atoms with E-state index < -0.39 is 0 Å². The lowest BCUT2D eigenvalue weighted by atomic mass is 10.3. The Kier molecular flexibility index (Phi) is 5.70. The summed E-state index contributed by atoms with van der Waals surface area (Å²) in [6.07, 6.45) is 3.53. The van der Waals surface area contributed by atoms with Gasteiger partial charge in [-0.05, 0) is 19.4 Å². The Morgan fingerprint density at radius 1 is 1.50 bits per heavy atom. The van der Waals surface area contributed by atoms with Crippen molar-refractivity contribution in [1.82, 2.24) is 4.98 Å². The van der Waals surface area contributed by atoms with Gasteiger partial charge in [-0.2, -0.15) is 0 Å². The Morgan fingerprint density at radius 2 is 2.08 bits per heavy atom. The minimum absolute atomic E-state index is 0.667. The average Bonchev–Trinajstić information content (AvgIpc) is 2.07. The Hall–Kier alpha value is -1.31. The van der Waals surface area contributed by atoms with Crippen LogP contribution in [-0.4, -0.2) is 12.1 Å². The van der Waals surface area contributed by atoms with Gasteiger partial charge in [0.2, 0.25) is 5.88 Å². The zero-order valence-electron chi connectivity index (χ0n) is 7.87. The summed E-state index contributed by atoms with van der Waals surface area (Å²) >= 11 is 0. The molecule has 0 aliphatic carbocycles. The van der Waals surface area contributed by atoms with Crippen molar-refractivity contribution in [1.29, 1.82) is 0 Å². The fourth-order valence-corrected chi connectivity index (χ4v) is 0.575. The first kappa shape index (κ1) is 10.7. The topological polar surface area (TPSA) is 22.1 Å². The summed E-state index contributed by atoms with van der Waals surface area (Å²) in [6, 6.07) is 3.81. The third kappa shape index (κ3) is 4.50. The van der Waals surface area contributed by atoms with E-state index >= 15 is 0 Å². The number of aryl methyl sites for hydroxylation is 1. The fraction of sp³-hybridized carbons (Fsp3) is 0.300. The molecule has 0 N–H and O–H groups in total. The van der Waals surface area contributed by atoms with E-state index in [4.69, 9.17) is 4.74 Å². The number of ether oxygens (including phenoxy) is 1. The lowest BCUT2D eigenvalue weighted by molar-refractivity contribution is 0.397. The third-order valence-electron chi connectivity index (χ3n) is 1.09. The highest BCUT2D eigenvalue weighted by molar-refractivity contribution is 5.15. The van der Waals surface area contributed by atoms with Crippen LogP contribution in [0.15, 0.2) is 31.0 Å². The first-order chi connectivity index (χ1) is 5.74. The van der Waals surface area contributed by atoms with Gasteiger partial charge in [0, 0.05) is 12.3 Å². The minimum atomic E-state index is 0.667. The lowest BCUT2D eigenvalue weighted by Crippen LogP contribution is -1.85. The summed E-state index contributed by atoms with van der Waals surface area (Å²) in [7, 11) is 1.61. The molecule has 1 aromatic rings. The molecule has 0 aromatic carbocycles. The summed E-state index contributed by atoms with van der Waals surface area (Å²) in [4.78, 5) is 3.97. The van der Waals surface area contributed by atoms with Crippen LogP contribution in [0.4, 0.5) is 0 Å². The minimum Gasteiger partial charge on any atom is -0.481 e. The third-order valence-corrected chi connectivity index (χ3v) is 1.09. The van der Waals surface area contributed by atoms with E-state index in [1.54, 1.807) is 19.4 Å². The second kappa shape index (κ2) is 6.40. The number of nitrogens with zero attached hydrogens (tertiary/aromatic N) is 1. The van der Waals surface area contributed by atoms with Gasteiger partial charge in [-0.1, -0.05) is 12.1 Å². The molecular weight excluding hydrogens is 150 g/mol. The monoisotopic (exact) mass is 165 g/mol. The predicted octanol–water partition coefficient (Wildman–Crippen LogP) is 2.59. The molecule has 0 amide bonds. The Bertz CT molecular complexity index is 216. The van der Waals surface area contributed by atoms with Crippen LogP contribution >= 0.6 is 0 Å². The van der Waals surface area contributed by atoms with E-state index in [1.807, 2.05) is 26.0 Å². The van der Waals surface area contributed by atoms with Crippen molar-refractivity contribution in [2.24, 2.45) is 0 Å². The zero-order valence-corrected chi connectivity index (χ0v) is 7.87. The van der Waals surface area contributed by atoms with Crippen molar-refractivity contribution < 1.29 is 4.74 Å². The molecule has 0 unspecified atom stereocenters. The van der Waals surface area contributed by atoms with Crippen LogP contribution in [0.25, 0.3) is 0 Å². The second-order valence-corrected chi connectivity index (χ2v) is 2.29. The highest BCUT2D eigenvalue weighted by atomic mass is 16.5. The van der Waals surface area contributed by atoms with Crippen molar-refractivity contribution in [3.05, 3.63) is 36.5 Å². The van der Waals surface area contributed by atoms with Gasteiger partial charge in [-0.25, -0.2) is 4.98 Å². The Balaban J connectivity index is 0.000000354. The lowest BCUT2D eigenvalue weighted by Gasteiger charge is -1.95. The molecule has 0 aliphatic rings. The number of hydrogen-bond acceptors (Lipinski definition) is 2. The molecule has 2 nitrogen and oxygen atoms in total. The first-order valence-corrected chi connectivity index (χ1v) is 3.78. The van der Waals surface area contributed by atoms with Crippen LogP contribution in [0.2, 0.25) is 0 Å². The molecule has 0 fully saturated rings. The SMILES string of the molecule is C=CC.COc1ccc(C)cn1. The van der Waals surface area contributed by atoms with Gasteiger partial charge in [0.05, 0.1) is 7.11 Å². The van der Waals surface area contributed by atoms with E-state index in [2.05, 4.69) is 11.6 Å². The number of pyridine rings is 1. The largest absolute Gasteiger partial charge is 0.481 e. The van der Waals surface area contributed by atoms with E-state index in [0.29, 0.717) is 5.88 Å². The quantitative estimate of drug-likeness (QED) is 0.597. The van der Waals surface area contributed by atoms with Gasteiger partial charge in [0.15, 0.2) is 0 Å². The number of methoxy groups -OCH3 is 1. The fourth-order valence-electron chi connectivity index (χ4n) is 0.575. The van der Waals surface area contributed by atoms with E-state index in [0.717, 1.165) is 5.56 Å². The van der Waals surface area contributed by atoms with Gasteiger partial charge in [0.1, 0.15) is 0 Å². The van der Waals surface area contributed by atoms with Crippen LogP contribution < -0.4 is 4.74 Å². The standard InChI is InChI=1S/C7H9NO.C3H6/c1-6-3-4-7(9-2)8-5-6;1-3-2/h3-5H,1-2H3;3H,1H2,2H3. The van der Waals surface area contributed by atoms with Gasteiger partial charge >= 0.3 is 0 Å². The molecule has 0 saturated heterocycles. The zero-order chi connectivity index (χ0) is 9.40. The summed E-state index contributed by atoms with van der Waals surface area (Å²) < 4.78 is 4.86. The Labute approximate surface area is 73.9 Å². The van der Waals surface area contributed by atoms with Crippen LogP contribution in [0.5, 0.6) is 5.88 Å². The molecule has 0 spiro atoms. The molecule has 12 heavy (non-hydrogen) atoms. The van der Waals surface area contributed by atoms with Gasteiger partial charge in [-0.15, -0.1) is 6.58 Å². The average molecular weight is 165 g/mol. The van der Waals surface area contributed by atoms with E-state index in [1.165, 1.54) is 0 Å². The molecular formula is C10H15NO. The maximum Gasteiger partial charge on any atom is 0.212 e. The maximum atomic E-state index is 4.86. The van der Waals surface area contributed by atoms with Gasteiger partial charge in [-0.3, -0.25) is 0 Å². The summed E-state index contributed by atoms with van der Waals surface area (Å²) in [5, 5.41) is 0. The number of hydrogen-bond donors (Lipinski definition) is 0. The second-order valence-electron chi connectivity index (χ2n) is 2.29. The summed E-state index contributed by atoms with van der Waals surface area (Å²) in [5.74, 6) is 0.667. The van der Waals surface area contributed by atoms with Crippen LogP contribution in [-0.2, 0) is 0 Å². The molecule has 1 aromatic heterocycles. The molecule has 1 rings (SSSR count). The highest BCUT2D eigenvalue weighted by Crippen LogP contribution is 2.04. The van der Waals surface area contributed by atoms with Crippen LogP contribution in [0.1, 0.15) is 12.5 Å². The predicted molar refractivity (Wildman–Crippen MR) is 51.4 cm³/mol. The molecule has 0 radical (unpaired) electrons. The van der Waals surface area contributed by atoms with Crippen LogP contribution in [0, 0.1) is 6.92 Å². The molecule has 0 bridgehead atoms. The summed E-state index contributed by atoms with van der Waals surface area (Å²) in [5.41, 5.74) is 1.15. The van der Waals surface area contributed by atoms with Crippen molar-refractivity contribution in [2.75, 3.05) is 7.11 Å². The van der Waals surface area contributed by atoms with Crippen molar-refractivity contribution in [3.8, 4) is 5.88 Å². The van der Waals surface area contributed by atoms with Crippen molar-refractivity contribution >= 4 is 0 Å². The van der Waals surface area contributed by atoms with E-state index in [9.17, 15) is 0 Å². The molecule has 0 atom stereocenters. The van der Waals surface area contributed by atoms with Gasteiger partial charge < -0.3 is 4.74 Å². The number of allylic oxidation sites excluding steroid dienone is 1. The Morgan fingerprint density at radius 3 is 2.42 bits per heavy atom. The smallest absolute Gasteiger partial charge is 0.212 e. The maximum absolute atomic E-state index is 4.86. The number of rotatable bonds is 1. The van der Waals surface area contributed by atoms with Gasteiger partial charge in [0.25, 0.3) is 0 Å². The normalized spacial score (nSPS) is 7.92. The molecule has 0 saturated carbocycles. The molecule has 0 aliphatic heterocycles. The molecule has 2 heteroatoms. The summed E-state index contributed by atoms with van der Waals surface area (Å²) in [6.45, 7) is 7.24.